The number of nitrogens with one attached hydrogen (secondary N) is 1. The summed E-state index contributed by atoms with van der Waals surface area (Å²) < 4.78 is 11.2. The van der Waals surface area contributed by atoms with Crippen LogP contribution in [0.3, 0.4) is 0 Å². The molecule has 1 aliphatic rings. The van der Waals surface area contributed by atoms with Crippen molar-refractivity contribution in [3.8, 4) is 11.5 Å². The van der Waals surface area contributed by atoms with Gasteiger partial charge in [0.15, 0.2) is 11.5 Å². The molecule has 24 heavy (non-hydrogen) atoms. The molecule has 1 N–H and O–H groups in total. The summed E-state index contributed by atoms with van der Waals surface area (Å²) in [6.45, 7) is 8.98. The Bertz CT molecular complexity index is 665. The number of benzene rings is 1. The molecule has 1 unspecified atom stereocenters. The lowest BCUT2D eigenvalue weighted by molar-refractivity contribution is 0.200. The Hall–Kier alpha value is -1.56. The van der Waals surface area contributed by atoms with E-state index in [1.165, 1.54) is 16.0 Å². The number of piperazine rings is 1. The SMILES string of the molecule is CCOc1cc(C(c2cc(C)cs2)N2CCNCC2)ccc1OC. The number of thiophene rings is 1. The predicted octanol–water partition coefficient (Wildman–Crippen LogP) is 3.46. The van der Waals surface area contributed by atoms with Crippen LogP contribution in [0.15, 0.2) is 29.6 Å². The highest BCUT2D eigenvalue weighted by molar-refractivity contribution is 7.10. The van der Waals surface area contributed by atoms with Crippen LogP contribution in [0.25, 0.3) is 0 Å². The van der Waals surface area contributed by atoms with E-state index in [2.05, 4.69) is 40.7 Å². The van der Waals surface area contributed by atoms with Gasteiger partial charge in [-0.05, 0) is 48.6 Å². The first-order chi connectivity index (χ1) is 11.7. The molecule has 4 nitrogen and oxygen atoms in total. The number of aryl methyl sites for hydroxylation is 1. The predicted molar refractivity (Wildman–Crippen MR) is 99.5 cm³/mol. The Morgan fingerprint density at radius 1 is 1.21 bits per heavy atom. The highest BCUT2D eigenvalue weighted by Crippen LogP contribution is 2.37. The van der Waals surface area contributed by atoms with Crippen LogP contribution in [0.2, 0.25) is 0 Å². The van der Waals surface area contributed by atoms with Gasteiger partial charge in [-0.1, -0.05) is 6.07 Å². The molecule has 5 heteroatoms. The molecule has 0 amide bonds. The average Bonchev–Trinajstić information content (AvgIpc) is 3.03. The lowest BCUT2D eigenvalue weighted by Gasteiger charge is -2.35. The van der Waals surface area contributed by atoms with E-state index in [1.807, 2.05) is 24.3 Å². The minimum Gasteiger partial charge on any atom is -0.493 e. The minimum absolute atomic E-state index is 0.274. The Morgan fingerprint density at radius 3 is 2.62 bits per heavy atom. The van der Waals surface area contributed by atoms with Crippen LogP contribution in [-0.2, 0) is 0 Å². The first kappa shape index (κ1) is 17.3. The Labute approximate surface area is 148 Å². The molecule has 130 valence electrons. The summed E-state index contributed by atoms with van der Waals surface area (Å²) in [5.41, 5.74) is 2.59. The molecule has 1 aromatic carbocycles. The highest BCUT2D eigenvalue weighted by atomic mass is 32.1. The first-order valence-corrected chi connectivity index (χ1v) is 9.41. The lowest BCUT2D eigenvalue weighted by Crippen LogP contribution is -2.45. The molecule has 2 aromatic rings. The maximum absolute atomic E-state index is 5.79. The Morgan fingerprint density at radius 2 is 2.00 bits per heavy atom. The van der Waals surface area contributed by atoms with Crippen molar-refractivity contribution in [3.05, 3.63) is 45.6 Å². The van der Waals surface area contributed by atoms with Crippen LogP contribution in [0, 0.1) is 6.92 Å². The van der Waals surface area contributed by atoms with E-state index in [1.54, 1.807) is 7.11 Å². The topological polar surface area (TPSA) is 33.7 Å². The summed E-state index contributed by atoms with van der Waals surface area (Å²) in [6.07, 6.45) is 0. The molecule has 1 aromatic heterocycles. The van der Waals surface area contributed by atoms with Crippen LogP contribution >= 0.6 is 11.3 Å². The highest BCUT2D eigenvalue weighted by Gasteiger charge is 2.26. The molecule has 1 atom stereocenters. The fraction of sp³-hybridized carbons (Fsp3) is 0.474. The Kier molecular flexibility index (Phi) is 5.76. The first-order valence-electron chi connectivity index (χ1n) is 8.53. The van der Waals surface area contributed by atoms with E-state index in [0.29, 0.717) is 6.61 Å². The molecule has 2 heterocycles. The van der Waals surface area contributed by atoms with E-state index >= 15 is 0 Å². The van der Waals surface area contributed by atoms with Gasteiger partial charge in [-0.15, -0.1) is 11.3 Å². The van der Waals surface area contributed by atoms with E-state index < -0.39 is 0 Å². The molecule has 0 radical (unpaired) electrons. The van der Waals surface area contributed by atoms with Crippen LogP contribution in [0.1, 0.15) is 29.0 Å². The van der Waals surface area contributed by atoms with Crippen molar-refractivity contribution in [2.45, 2.75) is 19.9 Å². The van der Waals surface area contributed by atoms with Gasteiger partial charge in [0.1, 0.15) is 0 Å². The second-order valence-corrected chi connectivity index (χ2v) is 7.00. The number of hydrogen-bond acceptors (Lipinski definition) is 5. The lowest BCUT2D eigenvalue weighted by atomic mass is 10.0. The van der Waals surface area contributed by atoms with Gasteiger partial charge in [0, 0.05) is 31.1 Å². The summed E-state index contributed by atoms with van der Waals surface area (Å²) in [6, 6.07) is 8.92. The Balaban J connectivity index is 1.99. The molecule has 0 saturated carbocycles. The number of hydrogen-bond donors (Lipinski definition) is 1. The van der Waals surface area contributed by atoms with Gasteiger partial charge in [0.05, 0.1) is 19.8 Å². The fourth-order valence-electron chi connectivity index (χ4n) is 3.22. The molecular weight excluding hydrogens is 320 g/mol. The van der Waals surface area contributed by atoms with Crippen molar-refractivity contribution < 1.29 is 9.47 Å². The largest absolute Gasteiger partial charge is 0.493 e. The third-order valence-corrected chi connectivity index (χ3v) is 5.44. The zero-order valence-electron chi connectivity index (χ0n) is 14.7. The van der Waals surface area contributed by atoms with Gasteiger partial charge in [-0.2, -0.15) is 0 Å². The maximum atomic E-state index is 5.79. The number of rotatable bonds is 6. The minimum atomic E-state index is 0.274. The van der Waals surface area contributed by atoms with Crippen LogP contribution in [0.5, 0.6) is 11.5 Å². The second-order valence-electron chi connectivity index (χ2n) is 6.06. The maximum Gasteiger partial charge on any atom is 0.161 e. The fourth-order valence-corrected chi connectivity index (χ4v) is 4.28. The summed E-state index contributed by atoms with van der Waals surface area (Å²) in [5, 5.41) is 5.68. The van der Waals surface area contributed by atoms with Crippen molar-refractivity contribution in [3.63, 3.8) is 0 Å². The quantitative estimate of drug-likeness (QED) is 0.868. The molecule has 0 spiro atoms. The molecule has 3 rings (SSSR count). The second kappa shape index (κ2) is 8.01. The van der Waals surface area contributed by atoms with E-state index in [4.69, 9.17) is 9.47 Å². The van der Waals surface area contributed by atoms with Crippen molar-refractivity contribution >= 4 is 11.3 Å². The van der Waals surface area contributed by atoms with Crippen molar-refractivity contribution in [2.75, 3.05) is 39.9 Å². The van der Waals surface area contributed by atoms with Gasteiger partial charge in [0.25, 0.3) is 0 Å². The molecule has 1 saturated heterocycles. The third-order valence-electron chi connectivity index (χ3n) is 4.34. The van der Waals surface area contributed by atoms with Crippen molar-refractivity contribution in [2.24, 2.45) is 0 Å². The molecule has 0 bridgehead atoms. The average molecular weight is 346 g/mol. The molecular formula is C19H26N2O2S. The van der Waals surface area contributed by atoms with Gasteiger partial charge in [-0.3, -0.25) is 4.90 Å². The van der Waals surface area contributed by atoms with E-state index in [0.717, 1.165) is 37.7 Å². The number of ether oxygens (including phenoxy) is 2. The van der Waals surface area contributed by atoms with Gasteiger partial charge in [0.2, 0.25) is 0 Å². The monoisotopic (exact) mass is 346 g/mol. The summed E-state index contributed by atoms with van der Waals surface area (Å²) in [4.78, 5) is 3.95. The van der Waals surface area contributed by atoms with Crippen molar-refractivity contribution in [1.82, 2.24) is 10.2 Å². The van der Waals surface area contributed by atoms with Gasteiger partial charge >= 0.3 is 0 Å². The number of nitrogens with zero attached hydrogens (tertiary/aromatic N) is 1. The number of methoxy groups -OCH3 is 1. The zero-order chi connectivity index (χ0) is 16.9. The van der Waals surface area contributed by atoms with Crippen molar-refractivity contribution in [1.29, 1.82) is 0 Å². The summed E-state index contributed by atoms with van der Waals surface area (Å²) in [7, 11) is 1.69. The summed E-state index contributed by atoms with van der Waals surface area (Å²) >= 11 is 1.84. The summed E-state index contributed by atoms with van der Waals surface area (Å²) in [5.74, 6) is 1.62. The van der Waals surface area contributed by atoms with Crippen LogP contribution in [0.4, 0.5) is 0 Å². The molecule has 1 fully saturated rings. The van der Waals surface area contributed by atoms with Crippen LogP contribution < -0.4 is 14.8 Å². The zero-order valence-corrected chi connectivity index (χ0v) is 15.5. The molecule has 1 aliphatic heterocycles. The van der Waals surface area contributed by atoms with E-state index in [-0.39, 0.29) is 6.04 Å². The van der Waals surface area contributed by atoms with Gasteiger partial charge in [-0.25, -0.2) is 0 Å². The molecule has 0 aliphatic carbocycles. The normalized spacial score (nSPS) is 16.8. The van der Waals surface area contributed by atoms with Crippen LogP contribution in [-0.4, -0.2) is 44.8 Å². The third kappa shape index (κ3) is 3.74. The van der Waals surface area contributed by atoms with E-state index in [9.17, 15) is 0 Å². The standard InChI is InChI=1S/C19H26N2O2S/c1-4-23-17-12-15(5-6-16(17)22-3)19(18-11-14(2)13-24-18)21-9-7-20-8-10-21/h5-6,11-13,19-20H,4,7-10H2,1-3H3. The smallest absolute Gasteiger partial charge is 0.161 e. The van der Waals surface area contributed by atoms with Gasteiger partial charge < -0.3 is 14.8 Å².